The topological polar surface area (TPSA) is 76.7 Å². The Morgan fingerprint density at radius 2 is 1.71 bits per heavy atom. The molecule has 0 aliphatic carbocycles. The van der Waals surface area contributed by atoms with Crippen LogP contribution in [-0.4, -0.2) is 31.4 Å². The fourth-order valence-electron chi connectivity index (χ4n) is 3.20. The van der Waals surface area contributed by atoms with E-state index in [1.807, 2.05) is 54.8 Å². The standard InChI is InChI=1S/C24H22N2O4S/c1-31-20-8-6-17(7-9-20)18-3-2-4-19(12-18)24(28)26-14-23(27)25-13-16-5-10-21-22(11-16)30-15-29-21/h2-12H,13-15H2,1H3,(H,25,27)(H,26,28). The molecule has 0 spiro atoms. The molecule has 0 radical (unpaired) electrons. The minimum Gasteiger partial charge on any atom is -0.454 e. The molecular formula is C24H22N2O4S. The van der Waals surface area contributed by atoms with Gasteiger partial charge in [0.05, 0.1) is 6.54 Å². The number of hydrogen-bond donors (Lipinski definition) is 2. The normalized spacial score (nSPS) is 11.8. The molecule has 4 rings (SSSR count). The molecule has 3 aromatic rings. The van der Waals surface area contributed by atoms with E-state index in [2.05, 4.69) is 22.8 Å². The van der Waals surface area contributed by atoms with E-state index in [0.717, 1.165) is 16.7 Å². The molecule has 31 heavy (non-hydrogen) atoms. The van der Waals surface area contributed by atoms with Gasteiger partial charge in [-0.25, -0.2) is 0 Å². The maximum atomic E-state index is 12.5. The molecule has 7 heteroatoms. The third kappa shape index (κ3) is 5.19. The summed E-state index contributed by atoms with van der Waals surface area (Å²) in [5, 5.41) is 5.47. The average molecular weight is 435 g/mol. The van der Waals surface area contributed by atoms with E-state index in [0.29, 0.717) is 23.6 Å². The first-order chi connectivity index (χ1) is 15.1. The summed E-state index contributed by atoms with van der Waals surface area (Å²) < 4.78 is 10.6. The number of nitrogens with one attached hydrogen (secondary N) is 2. The zero-order valence-corrected chi connectivity index (χ0v) is 17.8. The van der Waals surface area contributed by atoms with E-state index in [-0.39, 0.29) is 25.2 Å². The Morgan fingerprint density at radius 1 is 0.903 bits per heavy atom. The van der Waals surface area contributed by atoms with Crippen molar-refractivity contribution in [3.05, 3.63) is 77.9 Å². The Kier molecular flexibility index (Phi) is 6.43. The first-order valence-corrected chi connectivity index (χ1v) is 11.0. The van der Waals surface area contributed by atoms with Gasteiger partial charge in [0.15, 0.2) is 11.5 Å². The Labute approximate surface area is 185 Å². The summed E-state index contributed by atoms with van der Waals surface area (Å²) in [7, 11) is 0. The molecule has 2 amide bonds. The van der Waals surface area contributed by atoms with Crippen LogP contribution >= 0.6 is 11.8 Å². The van der Waals surface area contributed by atoms with E-state index >= 15 is 0 Å². The second kappa shape index (κ2) is 9.57. The minimum atomic E-state index is -0.291. The van der Waals surface area contributed by atoms with Crippen LogP contribution in [0.5, 0.6) is 11.5 Å². The van der Waals surface area contributed by atoms with Crippen molar-refractivity contribution in [2.45, 2.75) is 11.4 Å². The molecule has 0 unspecified atom stereocenters. The van der Waals surface area contributed by atoms with Crippen molar-refractivity contribution in [3.8, 4) is 22.6 Å². The number of thioether (sulfide) groups is 1. The number of carbonyl (C=O) groups is 2. The quantitative estimate of drug-likeness (QED) is 0.553. The highest BCUT2D eigenvalue weighted by molar-refractivity contribution is 7.98. The molecule has 158 valence electrons. The number of amides is 2. The van der Waals surface area contributed by atoms with Gasteiger partial charge in [0.25, 0.3) is 5.91 Å². The van der Waals surface area contributed by atoms with Crippen molar-refractivity contribution < 1.29 is 19.1 Å². The smallest absolute Gasteiger partial charge is 0.251 e. The molecule has 0 bridgehead atoms. The molecule has 0 fully saturated rings. The monoisotopic (exact) mass is 434 g/mol. The number of carbonyl (C=O) groups excluding carboxylic acids is 2. The lowest BCUT2D eigenvalue weighted by Crippen LogP contribution is -2.36. The summed E-state index contributed by atoms with van der Waals surface area (Å²) in [6.45, 7) is 0.449. The third-order valence-corrected chi connectivity index (χ3v) is 5.63. The molecular weight excluding hydrogens is 412 g/mol. The number of rotatable bonds is 7. The molecule has 1 heterocycles. The molecule has 0 aromatic heterocycles. The van der Waals surface area contributed by atoms with Crippen molar-refractivity contribution in [1.29, 1.82) is 0 Å². The van der Waals surface area contributed by atoms with Crippen LogP contribution in [0.4, 0.5) is 0 Å². The van der Waals surface area contributed by atoms with Crippen molar-refractivity contribution in [1.82, 2.24) is 10.6 Å². The molecule has 0 saturated heterocycles. The number of ether oxygens (including phenoxy) is 2. The first kappa shape index (κ1) is 20.8. The van der Waals surface area contributed by atoms with E-state index in [1.54, 1.807) is 17.8 Å². The second-order valence-electron chi connectivity index (χ2n) is 6.96. The fourth-order valence-corrected chi connectivity index (χ4v) is 3.61. The molecule has 2 N–H and O–H groups in total. The largest absolute Gasteiger partial charge is 0.454 e. The predicted molar refractivity (Wildman–Crippen MR) is 120 cm³/mol. The van der Waals surface area contributed by atoms with Gasteiger partial charge in [0.1, 0.15) is 0 Å². The zero-order chi connectivity index (χ0) is 21.6. The SMILES string of the molecule is CSc1ccc(-c2cccc(C(=O)NCC(=O)NCc3ccc4c(c3)OCO4)c2)cc1. The van der Waals surface area contributed by atoms with Gasteiger partial charge in [0, 0.05) is 17.0 Å². The highest BCUT2D eigenvalue weighted by Gasteiger charge is 2.14. The van der Waals surface area contributed by atoms with Crippen molar-refractivity contribution in [2.24, 2.45) is 0 Å². The van der Waals surface area contributed by atoms with Crippen LogP contribution in [-0.2, 0) is 11.3 Å². The van der Waals surface area contributed by atoms with Gasteiger partial charge in [-0.05, 0) is 59.3 Å². The predicted octanol–water partition coefficient (Wildman–Crippen LogP) is 3.85. The average Bonchev–Trinajstić information content (AvgIpc) is 3.29. The van der Waals surface area contributed by atoms with Gasteiger partial charge in [-0.2, -0.15) is 0 Å². The van der Waals surface area contributed by atoms with Gasteiger partial charge < -0.3 is 20.1 Å². The third-order valence-electron chi connectivity index (χ3n) is 4.88. The van der Waals surface area contributed by atoms with Gasteiger partial charge in [-0.15, -0.1) is 11.8 Å². The maximum absolute atomic E-state index is 12.5. The van der Waals surface area contributed by atoms with E-state index in [4.69, 9.17) is 9.47 Å². The van der Waals surface area contributed by atoms with Gasteiger partial charge in [-0.3, -0.25) is 9.59 Å². The minimum absolute atomic E-state index is 0.101. The summed E-state index contributed by atoms with van der Waals surface area (Å²) in [6, 6.07) is 21.0. The van der Waals surface area contributed by atoms with Crippen molar-refractivity contribution in [2.75, 3.05) is 19.6 Å². The molecule has 6 nitrogen and oxygen atoms in total. The van der Waals surface area contributed by atoms with Crippen LogP contribution in [0, 0.1) is 0 Å². The number of hydrogen-bond acceptors (Lipinski definition) is 5. The maximum Gasteiger partial charge on any atom is 0.251 e. The van der Waals surface area contributed by atoms with Crippen molar-refractivity contribution >= 4 is 23.6 Å². The number of benzene rings is 3. The Bertz CT molecular complexity index is 1100. The molecule has 0 atom stereocenters. The lowest BCUT2D eigenvalue weighted by atomic mass is 10.0. The second-order valence-corrected chi connectivity index (χ2v) is 7.84. The Hall–Kier alpha value is -3.45. The van der Waals surface area contributed by atoms with Crippen molar-refractivity contribution in [3.63, 3.8) is 0 Å². The van der Waals surface area contributed by atoms with E-state index in [9.17, 15) is 9.59 Å². The Morgan fingerprint density at radius 3 is 2.52 bits per heavy atom. The lowest BCUT2D eigenvalue weighted by Gasteiger charge is -2.09. The fraction of sp³-hybridized carbons (Fsp3) is 0.167. The highest BCUT2D eigenvalue weighted by Crippen LogP contribution is 2.32. The Balaban J connectivity index is 1.30. The number of fused-ring (bicyclic) bond motifs is 1. The molecule has 0 saturated carbocycles. The summed E-state index contributed by atoms with van der Waals surface area (Å²) >= 11 is 1.68. The summed E-state index contributed by atoms with van der Waals surface area (Å²) in [5.41, 5.74) is 3.39. The van der Waals surface area contributed by atoms with Gasteiger partial charge >= 0.3 is 0 Å². The highest BCUT2D eigenvalue weighted by atomic mass is 32.2. The van der Waals surface area contributed by atoms with Crippen LogP contribution in [0.15, 0.2) is 71.6 Å². The van der Waals surface area contributed by atoms with Gasteiger partial charge in [0.2, 0.25) is 12.7 Å². The van der Waals surface area contributed by atoms with Crippen LogP contribution in [0.1, 0.15) is 15.9 Å². The first-order valence-electron chi connectivity index (χ1n) is 9.80. The van der Waals surface area contributed by atoms with E-state index < -0.39 is 0 Å². The summed E-state index contributed by atoms with van der Waals surface area (Å²) in [6.07, 6.45) is 2.03. The van der Waals surface area contributed by atoms with Crippen LogP contribution in [0.25, 0.3) is 11.1 Å². The zero-order valence-electron chi connectivity index (χ0n) is 17.0. The van der Waals surface area contributed by atoms with E-state index in [1.165, 1.54) is 4.90 Å². The molecule has 3 aromatic carbocycles. The van der Waals surface area contributed by atoms with Gasteiger partial charge in [-0.1, -0.05) is 30.3 Å². The van der Waals surface area contributed by atoms with Crippen LogP contribution in [0.3, 0.4) is 0 Å². The summed E-state index contributed by atoms with van der Waals surface area (Å²) in [4.78, 5) is 25.8. The van der Waals surface area contributed by atoms with Crippen LogP contribution in [0.2, 0.25) is 0 Å². The molecule has 1 aliphatic rings. The molecule has 1 aliphatic heterocycles. The lowest BCUT2D eigenvalue weighted by molar-refractivity contribution is -0.120. The van der Waals surface area contributed by atoms with Crippen LogP contribution < -0.4 is 20.1 Å². The summed E-state index contributed by atoms with van der Waals surface area (Å²) in [5.74, 6) is 0.809.